The maximum Gasteiger partial charge on any atom is 0.224 e. The van der Waals surface area contributed by atoms with Crippen LogP contribution in [0.2, 0.25) is 0 Å². The molecule has 3 nitrogen and oxygen atoms in total. The predicted molar refractivity (Wildman–Crippen MR) is 84.4 cm³/mol. The molecule has 1 amide bonds. The molecule has 0 fully saturated rings. The largest absolute Gasteiger partial charge is 0.326 e. The molecule has 0 aliphatic carbocycles. The van der Waals surface area contributed by atoms with Crippen LogP contribution in [-0.2, 0) is 4.79 Å². The normalized spacial score (nSPS) is 9.70. The molecular formula is C17H24N2O. The molecule has 20 heavy (non-hydrogen) atoms. The summed E-state index contributed by atoms with van der Waals surface area (Å²) in [6.45, 7) is 2.53. The number of hydrogen-bond donors (Lipinski definition) is 2. The zero-order valence-corrected chi connectivity index (χ0v) is 12.2. The van der Waals surface area contributed by atoms with Gasteiger partial charge in [0.05, 0.1) is 6.54 Å². The van der Waals surface area contributed by atoms with Gasteiger partial charge in [-0.3, -0.25) is 4.79 Å². The Labute approximate surface area is 121 Å². The molecule has 0 radical (unpaired) electrons. The van der Waals surface area contributed by atoms with E-state index >= 15 is 0 Å². The van der Waals surface area contributed by atoms with Gasteiger partial charge in [-0.2, -0.15) is 0 Å². The molecule has 0 bridgehead atoms. The quantitative estimate of drug-likeness (QED) is 0.591. The number of hydrogen-bond acceptors (Lipinski definition) is 2. The van der Waals surface area contributed by atoms with E-state index in [0.29, 0.717) is 13.0 Å². The topological polar surface area (TPSA) is 55.1 Å². The third kappa shape index (κ3) is 6.96. The van der Waals surface area contributed by atoms with Gasteiger partial charge >= 0.3 is 0 Å². The molecule has 3 N–H and O–H groups in total. The standard InChI is InChI=1S/C17H24N2O/c1-2-3-4-5-6-12-17(20)19-16-11-7-9-15(14-16)10-8-13-18/h7,9,11,14H,2-6,12-13,18H2,1H3,(H,19,20). The Morgan fingerprint density at radius 3 is 2.80 bits per heavy atom. The maximum atomic E-state index is 11.8. The smallest absolute Gasteiger partial charge is 0.224 e. The summed E-state index contributed by atoms with van der Waals surface area (Å²) in [6.07, 6.45) is 6.37. The third-order valence-electron chi connectivity index (χ3n) is 2.99. The van der Waals surface area contributed by atoms with Crippen LogP contribution in [0.5, 0.6) is 0 Å². The average Bonchev–Trinajstić information content (AvgIpc) is 2.45. The Morgan fingerprint density at radius 2 is 2.05 bits per heavy atom. The summed E-state index contributed by atoms with van der Waals surface area (Å²) in [6, 6.07) is 7.54. The first-order valence-electron chi connectivity index (χ1n) is 7.35. The second kappa shape index (κ2) is 10.1. The Hall–Kier alpha value is -1.79. The van der Waals surface area contributed by atoms with Crippen LogP contribution in [-0.4, -0.2) is 12.5 Å². The van der Waals surface area contributed by atoms with E-state index < -0.39 is 0 Å². The van der Waals surface area contributed by atoms with Crippen LogP contribution in [0.1, 0.15) is 51.0 Å². The zero-order valence-electron chi connectivity index (χ0n) is 12.2. The molecule has 0 atom stereocenters. The van der Waals surface area contributed by atoms with Gasteiger partial charge in [-0.1, -0.05) is 50.5 Å². The van der Waals surface area contributed by atoms with Gasteiger partial charge in [0.15, 0.2) is 0 Å². The minimum atomic E-state index is 0.0745. The summed E-state index contributed by atoms with van der Waals surface area (Å²) in [5, 5.41) is 2.91. The van der Waals surface area contributed by atoms with Gasteiger partial charge in [0, 0.05) is 17.7 Å². The molecule has 0 spiro atoms. The minimum absolute atomic E-state index is 0.0745. The van der Waals surface area contributed by atoms with Crippen molar-refractivity contribution >= 4 is 11.6 Å². The van der Waals surface area contributed by atoms with Gasteiger partial charge in [-0.05, 0) is 24.6 Å². The van der Waals surface area contributed by atoms with Crippen LogP contribution in [0.15, 0.2) is 24.3 Å². The Kier molecular flexibility index (Phi) is 8.17. The third-order valence-corrected chi connectivity index (χ3v) is 2.99. The van der Waals surface area contributed by atoms with Crippen molar-refractivity contribution in [3.8, 4) is 11.8 Å². The fourth-order valence-corrected chi connectivity index (χ4v) is 1.94. The highest BCUT2D eigenvalue weighted by atomic mass is 16.1. The van der Waals surface area contributed by atoms with E-state index in [-0.39, 0.29) is 5.91 Å². The van der Waals surface area contributed by atoms with Gasteiger partial charge in [-0.15, -0.1) is 0 Å². The number of anilines is 1. The molecule has 0 aromatic heterocycles. The van der Waals surface area contributed by atoms with E-state index in [4.69, 9.17) is 5.73 Å². The minimum Gasteiger partial charge on any atom is -0.326 e. The van der Waals surface area contributed by atoms with Crippen molar-refractivity contribution in [2.24, 2.45) is 5.73 Å². The number of nitrogens with one attached hydrogen (secondary N) is 1. The lowest BCUT2D eigenvalue weighted by molar-refractivity contribution is -0.116. The first-order chi connectivity index (χ1) is 9.76. The summed E-state index contributed by atoms with van der Waals surface area (Å²) in [4.78, 5) is 11.8. The van der Waals surface area contributed by atoms with Crippen molar-refractivity contribution < 1.29 is 4.79 Å². The lowest BCUT2D eigenvalue weighted by atomic mass is 10.1. The zero-order chi connectivity index (χ0) is 14.6. The molecule has 0 heterocycles. The first-order valence-corrected chi connectivity index (χ1v) is 7.35. The van der Waals surface area contributed by atoms with Gasteiger partial charge in [0.1, 0.15) is 0 Å². The van der Waals surface area contributed by atoms with E-state index in [2.05, 4.69) is 24.1 Å². The van der Waals surface area contributed by atoms with E-state index in [1.165, 1.54) is 19.3 Å². The van der Waals surface area contributed by atoms with Crippen molar-refractivity contribution in [2.45, 2.75) is 45.4 Å². The molecular weight excluding hydrogens is 248 g/mol. The van der Waals surface area contributed by atoms with Crippen LogP contribution in [0.3, 0.4) is 0 Å². The highest BCUT2D eigenvalue weighted by molar-refractivity contribution is 5.90. The molecule has 0 saturated heterocycles. The number of benzene rings is 1. The van der Waals surface area contributed by atoms with Crippen LogP contribution < -0.4 is 11.1 Å². The van der Waals surface area contributed by atoms with E-state index in [1.807, 2.05) is 24.3 Å². The van der Waals surface area contributed by atoms with Crippen molar-refractivity contribution in [3.05, 3.63) is 29.8 Å². The maximum absolute atomic E-state index is 11.8. The molecule has 1 rings (SSSR count). The lowest BCUT2D eigenvalue weighted by Crippen LogP contribution is -2.11. The summed E-state index contributed by atoms with van der Waals surface area (Å²) in [5.74, 6) is 5.84. The van der Waals surface area contributed by atoms with E-state index in [9.17, 15) is 4.79 Å². The van der Waals surface area contributed by atoms with Gasteiger partial charge in [0.2, 0.25) is 5.91 Å². The van der Waals surface area contributed by atoms with Crippen molar-refractivity contribution in [1.82, 2.24) is 0 Å². The fraction of sp³-hybridized carbons (Fsp3) is 0.471. The number of carbonyl (C=O) groups excluding carboxylic acids is 1. The molecule has 0 aliphatic rings. The molecule has 3 heteroatoms. The predicted octanol–water partition coefficient (Wildman–Crippen LogP) is 3.30. The Morgan fingerprint density at radius 1 is 1.25 bits per heavy atom. The number of amides is 1. The highest BCUT2D eigenvalue weighted by Crippen LogP contribution is 2.11. The van der Waals surface area contributed by atoms with Crippen LogP contribution in [0, 0.1) is 11.8 Å². The van der Waals surface area contributed by atoms with Crippen molar-refractivity contribution in [2.75, 3.05) is 11.9 Å². The summed E-state index contributed by atoms with van der Waals surface area (Å²) < 4.78 is 0. The highest BCUT2D eigenvalue weighted by Gasteiger charge is 2.02. The summed E-state index contributed by atoms with van der Waals surface area (Å²) in [7, 11) is 0. The monoisotopic (exact) mass is 272 g/mol. The van der Waals surface area contributed by atoms with Gasteiger partial charge < -0.3 is 11.1 Å². The average molecular weight is 272 g/mol. The summed E-state index contributed by atoms with van der Waals surface area (Å²) in [5.41, 5.74) is 7.01. The molecule has 1 aromatic rings. The first kappa shape index (κ1) is 16.3. The van der Waals surface area contributed by atoms with Crippen molar-refractivity contribution in [1.29, 1.82) is 0 Å². The lowest BCUT2D eigenvalue weighted by Gasteiger charge is -2.05. The number of rotatable bonds is 7. The molecule has 0 aliphatic heterocycles. The number of unbranched alkanes of at least 4 members (excludes halogenated alkanes) is 4. The van der Waals surface area contributed by atoms with Crippen molar-refractivity contribution in [3.63, 3.8) is 0 Å². The molecule has 0 saturated carbocycles. The molecule has 108 valence electrons. The Bertz CT molecular complexity index is 471. The number of nitrogens with two attached hydrogens (primary N) is 1. The second-order valence-electron chi connectivity index (χ2n) is 4.80. The Balaban J connectivity index is 2.38. The fourth-order valence-electron chi connectivity index (χ4n) is 1.94. The van der Waals surface area contributed by atoms with E-state index in [1.54, 1.807) is 0 Å². The van der Waals surface area contributed by atoms with Gasteiger partial charge in [0.25, 0.3) is 0 Å². The number of carbonyl (C=O) groups is 1. The molecule has 1 aromatic carbocycles. The van der Waals surface area contributed by atoms with Crippen LogP contribution in [0.25, 0.3) is 0 Å². The van der Waals surface area contributed by atoms with Crippen LogP contribution >= 0.6 is 0 Å². The summed E-state index contributed by atoms with van der Waals surface area (Å²) >= 11 is 0. The van der Waals surface area contributed by atoms with E-state index in [0.717, 1.165) is 24.1 Å². The second-order valence-corrected chi connectivity index (χ2v) is 4.80. The van der Waals surface area contributed by atoms with Gasteiger partial charge in [-0.25, -0.2) is 0 Å². The van der Waals surface area contributed by atoms with Crippen LogP contribution in [0.4, 0.5) is 5.69 Å². The molecule has 0 unspecified atom stereocenters. The SMILES string of the molecule is CCCCCCCC(=O)Nc1cccc(C#CCN)c1.